The molecule has 7 heteroatoms. The molecule has 0 fully saturated rings. The van der Waals surface area contributed by atoms with E-state index in [0.717, 1.165) is 82.5 Å². The van der Waals surface area contributed by atoms with Crippen LogP contribution in [0.1, 0.15) is 29.1 Å². The Morgan fingerprint density at radius 1 is 0.609 bits per heavy atom. The number of phenols is 1. The predicted octanol–water partition coefficient (Wildman–Crippen LogP) is 6.93. The number of fused-ring (bicyclic) bond motifs is 11. The van der Waals surface area contributed by atoms with E-state index in [9.17, 15) is 5.11 Å². The van der Waals surface area contributed by atoms with Gasteiger partial charge >= 0.3 is 0 Å². The zero-order valence-corrected chi connectivity index (χ0v) is 25.5. The lowest BCUT2D eigenvalue weighted by molar-refractivity contribution is -0.120. The van der Waals surface area contributed by atoms with Gasteiger partial charge in [-0.15, -0.1) is 0 Å². The second kappa shape index (κ2) is 12.4. The summed E-state index contributed by atoms with van der Waals surface area (Å²) in [7, 11) is 0. The van der Waals surface area contributed by atoms with Crippen molar-refractivity contribution in [2.24, 2.45) is 4.99 Å². The molecule has 6 aromatic rings. The lowest BCUT2D eigenvalue weighted by Gasteiger charge is -2.47. The SMILES string of the molecule is Oc1ccc2ccccc2c1C=NCCNCCNCCN1C2Oc3ccc4ccccc4c3C1Oc1ccc3ccccc3c12. The molecular formula is C39H36N4O3. The summed E-state index contributed by atoms with van der Waals surface area (Å²) < 4.78 is 13.7. The van der Waals surface area contributed by atoms with Crippen LogP contribution in [0.15, 0.2) is 114 Å². The van der Waals surface area contributed by atoms with Crippen molar-refractivity contribution in [3.8, 4) is 17.2 Å². The van der Waals surface area contributed by atoms with Crippen molar-refractivity contribution < 1.29 is 14.6 Å². The third kappa shape index (κ3) is 5.22. The zero-order chi connectivity index (χ0) is 30.9. The molecule has 7 nitrogen and oxygen atoms in total. The largest absolute Gasteiger partial charge is 0.507 e. The molecule has 2 bridgehead atoms. The van der Waals surface area contributed by atoms with Crippen molar-refractivity contribution in [1.29, 1.82) is 0 Å². The molecule has 0 aliphatic carbocycles. The maximum absolute atomic E-state index is 10.3. The maximum Gasteiger partial charge on any atom is 0.186 e. The number of nitrogens with zero attached hydrogens (tertiary/aromatic N) is 2. The van der Waals surface area contributed by atoms with E-state index in [2.05, 4.69) is 93.3 Å². The monoisotopic (exact) mass is 608 g/mol. The quantitative estimate of drug-likeness (QED) is 0.116. The van der Waals surface area contributed by atoms with Gasteiger partial charge in [-0.05, 0) is 50.5 Å². The van der Waals surface area contributed by atoms with E-state index in [1.54, 1.807) is 12.3 Å². The zero-order valence-electron chi connectivity index (χ0n) is 25.5. The third-order valence-corrected chi connectivity index (χ3v) is 9.05. The first kappa shape index (κ1) is 28.5. The fraction of sp³-hybridized carbons (Fsp3) is 0.205. The summed E-state index contributed by atoms with van der Waals surface area (Å²) in [6.45, 7) is 4.61. The Labute approximate surface area is 268 Å². The second-order valence-electron chi connectivity index (χ2n) is 11.8. The summed E-state index contributed by atoms with van der Waals surface area (Å²) in [5.74, 6) is 2.03. The van der Waals surface area contributed by atoms with Crippen molar-refractivity contribution in [2.45, 2.75) is 12.5 Å². The van der Waals surface area contributed by atoms with Crippen molar-refractivity contribution in [2.75, 3.05) is 39.3 Å². The standard InChI is InChI=1S/C39H36N4O3/c44-33-16-13-26-7-1-4-10-29(26)32(33)25-42-22-21-40-19-20-41-23-24-43-38-36-30-11-5-2-8-27(30)14-17-34(36)45-39(43)37-31-12-6-3-9-28(31)15-18-35(37)46-38/h1-18,25,38-41,44H,19-24H2. The lowest BCUT2D eigenvalue weighted by atomic mass is 9.95. The summed E-state index contributed by atoms with van der Waals surface area (Å²) in [5.41, 5.74) is 2.95. The molecule has 0 radical (unpaired) electrons. The van der Waals surface area contributed by atoms with Gasteiger partial charge in [0.15, 0.2) is 12.5 Å². The Bertz CT molecular complexity index is 1980. The molecule has 3 N–H and O–H groups in total. The van der Waals surface area contributed by atoms with Gasteiger partial charge < -0.3 is 25.2 Å². The van der Waals surface area contributed by atoms with E-state index in [1.807, 2.05) is 30.3 Å². The van der Waals surface area contributed by atoms with E-state index in [-0.39, 0.29) is 18.2 Å². The second-order valence-corrected chi connectivity index (χ2v) is 11.8. The van der Waals surface area contributed by atoms with E-state index >= 15 is 0 Å². The molecule has 0 amide bonds. The van der Waals surface area contributed by atoms with Crippen LogP contribution >= 0.6 is 0 Å². The fourth-order valence-corrected chi connectivity index (χ4v) is 6.80. The molecular weight excluding hydrogens is 572 g/mol. The minimum atomic E-state index is -0.243. The van der Waals surface area contributed by atoms with E-state index < -0.39 is 0 Å². The molecule has 0 aromatic heterocycles. The Hall–Kier alpha value is -4.95. The summed E-state index contributed by atoms with van der Waals surface area (Å²) in [6, 6.07) is 37.0. The highest BCUT2D eigenvalue weighted by atomic mass is 16.6. The number of ether oxygens (including phenoxy) is 2. The Kier molecular flexibility index (Phi) is 7.72. The van der Waals surface area contributed by atoms with Crippen molar-refractivity contribution in [3.63, 3.8) is 0 Å². The van der Waals surface area contributed by atoms with Gasteiger partial charge in [-0.1, -0.05) is 91.0 Å². The van der Waals surface area contributed by atoms with E-state index in [0.29, 0.717) is 6.54 Å². The first-order valence-electron chi connectivity index (χ1n) is 16.0. The first-order chi connectivity index (χ1) is 22.8. The summed E-state index contributed by atoms with van der Waals surface area (Å²) >= 11 is 0. The van der Waals surface area contributed by atoms with Gasteiger partial charge in [-0.25, -0.2) is 4.90 Å². The summed E-state index contributed by atoms with van der Waals surface area (Å²) in [6.07, 6.45) is 1.29. The minimum absolute atomic E-state index is 0.243. The van der Waals surface area contributed by atoms with Gasteiger partial charge in [0.05, 0.1) is 17.7 Å². The molecule has 2 unspecified atom stereocenters. The number of hydrogen-bond acceptors (Lipinski definition) is 7. The van der Waals surface area contributed by atoms with Crippen LogP contribution in [0.4, 0.5) is 0 Å². The van der Waals surface area contributed by atoms with Crippen LogP contribution in [0.2, 0.25) is 0 Å². The van der Waals surface area contributed by atoms with E-state index in [4.69, 9.17) is 9.47 Å². The molecule has 2 aliphatic heterocycles. The highest BCUT2D eigenvalue weighted by molar-refractivity contribution is 6.02. The topological polar surface area (TPSA) is 78.4 Å². The molecule has 6 aromatic carbocycles. The minimum Gasteiger partial charge on any atom is -0.507 e. The first-order valence-corrected chi connectivity index (χ1v) is 16.0. The number of benzene rings is 6. The predicted molar refractivity (Wildman–Crippen MR) is 185 cm³/mol. The van der Waals surface area contributed by atoms with E-state index in [1.165, 1.54) is 10.8 Å². The van der Waals surface area contributed by atoms with Crippen LogP contribution in [0.25, 0.3) is 32.3 Å². The Morgan fingerprint density at radius 2 is 1.13 bits per heavy atom. The highest BCUT2D eigenvalue weighted by Crippen LogP contribution is 2.52. The molecule has 2 heterocycles. The van der Waals surface area contributed by atoms with Gasteiger partial charge in [0.25, 0.3) is 0 Å². The van der Waals surface area contributed by atoms with Crippen molar-refractivity contribution >= 4 is 38.5 Å². The fourth-order valence-electron chi connectivity index (χ4n) is 6.80. The van der Waals surface area contributed by atoms with Gasteiger partial charge in [-0.2, -0.15) is 0 Å². The number of phenolic OH excluding ortho intramolecular Hbond substituents is 1. The normalized spacial score (nSPS) is 17.2. The smallest absolute Gasteiger partial charge is 0.186 e. The summed E-state index contributed by atoms with van der Waals surface area (Å²) in [4.78, 5) is 6.91. The van der Waals surface area contributed by atoms with Crippen molar-refractivity contribution in [1.82, 2.24) is 15.5 Å². The molecule has 230 valence electrons. The molecule has 0 saturated heterocycles. The maximum atomic E-state index is 10.3. The number of aromatic hydroxyl groups is 1. The highest BCUT2D eigenvalue weighted by Gasteiger charge is 2.44. The third-order valence-electron chi connectivity index (χ3n) is 9.05. The molecule has 0 spiro atoms. The summed E-state index contributed by atoms with van der Waals surface area (Å²) in [5, 5.41) is 24.2. The van der Waals surface area contributed by atoms with Crippen molar-refractivity contribution in [3.05, 3.63) is 126 Å². The number of aliphatic imine (C=N–C) groups is 1. The number of hydrogen-bond donors (Lipinski definition) is 3. The number of nitrogens with one attached hydrogen (secondary N) is 2. The van der Waals surface area contributed by atoms with Crippen LogP contribution in [0.5, 0.6) is 17.2 Å². The number of rotatable bonds is 10. The Morgan fingerprint density at radius 3 is 1.76 bits per heavy atom. The molecule has 8 rings (SSSR count). The van der Waals surface area contributed by atoms with Gasteiger partial charge in [0, 0.05) is 44.5 Å². The van der Waals surface area contributed by atoms with Crippen LogP contribution in [-0.4, -0.2) is 55.5 Å². The van der Waals surface area contributed by atoms with Crippen LogP contribution in [-0.2, 0) is 0 Å². The van der Waals surface area contributed by atoms with Gasteiger partial charge in [-0.3, -0.25) is 4.99 Å². The average molecular weight is 609 g/mol. The average Bonchev–Trinajstić information content (AvgIpc) is 3.09. The molecule has 0 saturated carbocycles. The van der Waals surface area contributed by atoms with Crippen LogP contribution in [0.3, 0.4) is 0 Å². The van der Waals surface area contributed by atoms with Gasteiger partial charge in [0.2, 0.25) is 0 Å². The lowest BCUT2D eigenvalue weighted by Crippen LogP contribution is -2.48. The molecule has 2 aliphatic rings. The van der Waals surface area contributed by atoms with Crippen LogP contribution < -0.4 is 20.1 Å². The van der Waals surface area contributed by atoms with Crippen LogP contribution in [0, 0.1) is 0 Å². The van der Waals surface area contributed by atoms with Gasteiger partial charge in [0.1, 0.15) is 17.2 Å². The Balaban J connectivity index is 0.911. The molecule has 46 heavy (non-hydrogen) atoms. The molecule has 2 atom stereocenters.